The Bertz CT molecular complexity index is 877. The molecule has 25 heavy (non-hydrogen) atoms. The highest BCUT2D eigenvalue weighted by Gasteiger charge is 2.18. The number of pyridine rings is 1. The molecule has 0 radical (unpaired) electrons. The molecule has 0 fully saturated rings. The van der Waals surface area contributed by atoms with Crippen LogP contribution >= 0.6 is 0 Å². The SMILES string of the molecule is COCCCn1c(O)c(C#N)c(C)c(N=Nc2ccc(C)cc2)c1=O. The van der Waals surface area contributed by atoms with Crippen LogP contribution in [0.4, 0.5) is 11.4 Å². The van der Waals surface area contributed by atoms with Crippen molar-refractivity contribution >= 4 is 11.4 Å². The lowest BCUT2D eigenvalue weighted by Crippen LogP contribution is -2.22. The van der Waals surface area contributed by atoms with Crippen molar-refractivity contribution in [2.24, 2.45) is 10.2 Å². The molecule has 0 unspecified atom stereocenters. The third-order valence-electron chi connectivity index (χ3n) is 3.80. The number of rotatable bonds is 6. The van der Waals surface area contributed by atoms with Crippen molar-refractivity contribution in [3.8, 4) is 11.9 Å². The van der Waals surface area contributed by atoms with E-state index in [0.29, 0.717) is 24.3 Å². The number of hydrogen-bond acceptors (Lipinski definition) is 6. The Hall–Kier alpha value is -2.98. The first-order valence-electron chi connectivity index (χ1n) is 7.83. The summed E-state index contributed by atoms with van der Waals surface area (Å²) in [5.41, 5.74) is 1.58. The van der Waals surface area contributed by atoms with Gasteiger partial charge in [0.25, 0.3) is 5.56 Å². The van der Waals surface area contributed by atoms with Crippen molar-refractivity contribution in [1.29, 1.82) is 5.26 Å². The van der Waals surface area contributed by atoms with Gasteiger partial charge in [0.1, 0.15) is 11.6 Å². The van der Waals surface area contributed by atoms with E-state index in [1.165, 1.54) is 0 Å². The number of aromatic nitrogens is 1. The predicted octanol–water partition coefficient (Wildman–Crippen LogP) is 3.49. The molecule has 0 aliphatic carbocycles. The predicted molar refractivity (Wildman–Crippen MR) is 93.7 cm³/mol. The number of methoxy groups -OCH3 is 1. The van der Waals surface area contributed by atoms with Crippen molar-refractivity contribution in [2.45, 2.75) is 26.8 Å². The first kappa shape index (κ1) is 18.4. The molecule has 0 atom stereocenters. The Morgan fingerprint density at radius 2 is 1.92 bits per heavy atom. The van der Waals surface area contributed by atoms with Crippen LogP contribution in [0.5, 0.6) is 5.88 Å². The van der Waals surface area contributed by atoms with Gasteiger partial charge in [-0.2, -0.15) is 10.4 Å². The fourth-order valence-corrected chi connectivity index (χ4v) is 2.35. The first-order chi connectivity index (χ1) is 12.0. The van der Waals surface area contributed by atoms with E-state index in [2.05, 4.69) is 10.2 Å². The molecule has 0 spiro atoms. The lowest BCUT2D eigenvalue weighted by Gasteiger charge is -2.12. The number of ether oxygens (including phenoxy) is 1. The molecule has 130 valence electrons. The molecule has 1 heterocycles. The molecule has 0 saturated carbocycles. The van der Waals surface area contributed by atoms with Crippen molar-refractivity contribution in [3.63, 3.8) is 0 Å². The van der Waals surface area contributed by atoms with Crippen molar-refractivity contribution in [3.05, 3.63) is 51.3 Å². The number of nitriles is 1. The van der Waals surface area contributed by atoms with Gasteiger partial charge in [0.05, 0.1) is 5.69 Å². The van der Waals surface area contributed by atoms with E-state index >= 15 is 0 Å². The van der Waals surface area contributed by atoms with E-state index in [4.69, 9.17) is 4.74 Å². The average Bonchev–Trinajstić information content (AvgIpc) is 2.60. The van der Waals surface area contributed by atoms with E-state index in [1.54, 1.807) is 26.2 Å². The van der Waals surface area contributed by atoms with E-state index in [9.17, 15) is 15.2 Å². The van der Waals surface area contributed by atoms with Crippen LogP contribution in [0.2, 0.25) is 0 Å². The Morgan fingerprint density at radius 3 is 2.52 bits per heavy atom. The Balaban J connectivity index is 2.49. The van der Waals surface area contributed by atoms with E-state index in [-0.39, 0.29) is 23.7 Å². The molecular weight excluding hydrogens is 320 g/mol. The maximum absolute atomic E-state index is 12.6. The molecule has 1 N–H and O–H groups in total. The van der Waals surface area contributed by atoms with Crippen LogP contribution in [0.3, 0.4) is 0 Å². The Morgan fingerprint density at radius 1 is 1.24 bits per heavy atom. The molecule has 2 aromatic rings. The van der Waals surface area contributed by atoms with E-state index < -0.39 is 5.56 Å². The van der Waals surface area contributed by atoms with Crippen LogP contribution in [0, 0.1) is 25.2 Å². The van der Waals surface area contributed by atoms with Crippen LogP contribution in [-0.4, -0.2) is 23.4 Å². The fraction of sp³-hybridized carbons (Fsp3) is 0.333. The summed E-state index contributed by atoms with van der Waals surface area (Å²) >= 11 is 0. The fourth-order valence-electron chi connectivity index (χ4n) is 2.35. The zero-order chi connectivity index (χ0) is 18.4. The van der Waals surface area contributed by atoms with Gasteiger partial charge < -0.3 is 9.84 Å². The summed E-state index contributed by atoms with van der Waals surface area (Å²) in [5, 5.41) is 27.6. The number of aromatic hydroxyl groups is 1. The third-order valence-corrected chi connectivity index (χ3v) is 3.80. The van der Waals surface area contributed by atoms with E-state index in [1.807, 2.05) is 25.1 Å². The minimum absolute atomic E-state index is 0.0230. The monoisotopic (exact) mass is 340 g/mol. The highest BCUT2D eigenvalue weighted by molar-refractivity contribution is 5.56. The molecule has 7 heteroatoms. The third kappa shape index (κ3) is 4.11. The van der Waals surface area contributed by atoms with Gasteiger partial charge in [0.15, 0.2) is 5.69 Å². The van der Waals surface area contributed by atoms with Gasteiger partial charge in [-0.1, -0.05) is 17.7 Å². The molecule has 0 bridgehead atoms. The van der Waals surface area contributed by atoms with Crippen molar-refractivity contribution in [1.82, 2.24) is 4.57 Å². The van der Waals surface area contributed by atoms with Crippen LogP contribution in [0.25, 0.3) is 0 Å². The summed E-state index contributed by atoms with van der Waals surface area (Å²) in [6, 6.07) is 9.28. The summed E-state index contributed by atoms with van der Waals surface area (Å²) in [5.74, 6) is -0.351. The lowest BCUT2D eigenvalue weighted by atomic mass is 10.1. The molecule has 0 saturated heterocycles. The quantitative estimate of drug-likeness (QED) is 0.642. The van der Waals surface area contributed by atoms with Crippen LogP contribution in [0.1, 0.15) is 23.1 Å². The summed E-state index contributed by atoms with van der Waals surface area (Å²) in [7, 11) is 1.56. The smallest absolute Gasteiger partial charge is 0.281 e. The van der Waals surface area contributed by atoms with Crippen LogP contribution in [-0.2, 0) is 11.3 Å². The molecule has 1 aromatic heterocycles. The van der Waals surface area contributed by atoms with Gasteiger partial charge in [-0.3, -0.25) is 9.36 Å². The molecule has 2 rings (SSSR count). The topological polar surface area (TPSA) is 100.0 Å². The summed E-state index contributed by atoms with van der Waals surface area (Å²) in [6.07, 6.45) is 0.520. The van der Waals surface area contributed by atoms with E-state index in [0.717, 1.165) is 10.1 Å². The standard InChI is InChI=1S/C18H20N4O3/c1-12-5-7-14(8-6-12)20-21-16-13(2)15(11-19)17(23)22(18(16)24)9-4-10-25-3/h5-8,23H,4,9-10H2,1-3H3. The second-order valence-electron chi connectivity index (χ2n) is 5.62. The van der Waals surface area contributed by atoms with Gasteiger partial charge in [-0.15, -0.1) is 5.11 Å². The normalized spacial score (nSPS) is 11.0. The number of azo groups is 1. The number of hydrogen-bond donors (Lipinski definition) is 1. The van der Waals surface area contributed by atoms with Gasteiger partial charge in [-0.25, -0.2) is 0 Å². The molecule has 1 aromatic carbocycles. The molecule has 0 aliphatic rings. The Labute approximate surface area is 145 Å². The zero-order valence-electron chi connectivity index (χ0n) is 14.5. The number of benzene rings is 1. The molecule has 7 nitrogen and oxygen atoms in total. The number of aryl methyl sites for hydroxylation is 1. The zero-order valence-corrected chi connectivity index (χ0v) is 14.5. The highest BCUT2D eigenvalue weighted by Crippen LogP contribution is 2.27. The van der Waals surface area contributed by atoms with Gasteiger partial charge >= 0.3 is 0 Å². The molecule has 0 aliphatic heterocycles. The summed E-state index contributed by atoms with van der Waals surface area (Å²) in [4.78, 5) is 12.6. The molecular formula is C18H20N4O3. The number of nitrogens with zero attached hydrogens (tertiary/aromatic N) is 4. The van der Waals surface area contributed by atoms with Gasteiger partial charge in [-0.05, 0) is 32.4 Å². The molecule has 0 amide bonds. The van der Waals surface area contributed by atoms with Crippen molar-refractivity contribution in [2.75, 3.05) is 13.7 Å². The summed E-state index contributed by atoms with van der Waals surface area (Å²) < 4.78 is 6.10. The van der Waals surface area contributed by atoms with Crippen molar-refractivity contribution < 1.29 is 9.84 Å². The summed E-state index contributed by atoms with van der Waals surface area (Å²) in [6.45, 7) is 4.19. The maximum atomic E-state index is 12.6. The second kappa shape index (κ2) is 8.22. The van der Waals surface area contributed by atoms with Crippen LogP contribution < -0.4 is 5.56 Å². The van der Waals surface area contributed by atoms with Crippen LogP contribution in [0.15, 0.2) is 39.3 Å². The Kier molecular flexibility index (Phi) is 6.03. The van der Waals surface area contributed by atoms with Gasteiger partial charge in [0.2, 0.25) is 5.88 Å². The minimum atomic E-state index is -0.485. The lowest BCUT2D eigenvalue weighted by molar-refractivity contribution is 0.188. The largest absolute Gasteiger partial charge is 0.493 e. The minimum Gasteiger partial charge on any atom is -0.493 e. The maximum Gasteiger partial charge on any atom is 0.281 e. The highest BCUT2D eigenvalue weighted by atomic mass is 16.5. The first-order valence-corrected chi connectivity index (χ1v) is 7.83. The average molecular weight is 340 g/mol. The second-order valence-corrected chi connectivity index (χ2v) is 5.62. The van der Waals surface area contributed by atoms with Gasteiger partial charge in [0, 0.05) is 25.8 Å².